The van der Waals surface area contributed by atoms with E-state index in [1.807, 2.05) is 18.2 Å². The molecule has 30 heavy (non-hydrogen) atoms. The molecule has 0 saturated heterocycles. The molecule has 2 N–H and O–H groups in total. The number of methoxy groups -OCH3 is 1. The van der Waals surface area contributed by atoms with Crippen LogP contribution in [0.25, 0.3) is 28.0 Å². The van der Waals surface area contributed by atoms with Crippen LogP contribution in [0.4, 0.5) is 5.69 Å². The number of hydrogen-bond donors (Lipinski definition) is 2. The van der Waals surface area contributed by atoms with Crippen molar-refractivity contribution in [1.29, 1.82) is 0 Å². The Bertz CT molecular complexity index is 1230. The summed E-state index contributed by atoms with van der Waals surface area (Å²) in [5.74, 6) is -0.223. The maximum absolute atomic E-state index is 11.3. The van der Waals surface area contributed by atoms with E-state index in [0.717, 1.165) is 16.6 Å². The number of anilines is 1. The Morgan fingerprint density at radius 3 is 2.70 bits per heavy atom. The van der Waals surface area contributed by atoms with Gasteiger partial charge in [0, 0.05) is 22.7 Å². The molecule has 2 heterocycles. The third kappa shape index (κ3) is 3.67. The van der Waals surface area contributed by atoms with Crippen molar-refractivity contribution in [2.75, 3.05) is 12.4 Å². The van der Waals surface area contributed by atoms with E-state index in [1.54, 1.807) is 35.4 Å². The maximum atomic E-state index is 11.3. The zero-order chi connectivity index (χ0) is 21.3. The van der Waals surface area contributed by atoms with Gasteiger partial charge in [0.15, 0.2) is 5.82 Å². The second kappa shape index (κ2) is 7.82. The molecule has 0 radical (unpaired) electrons. The Hall–Kier alpha value is -3.94. The van der Waals surface area contributed by atoms with Gasteiger partial charge in [0.2, 0.25) is 0 Å². The van der Waals surface area contributed by atoms with Gasteiger partial charge in [-0.2, -0.15) is 5.10 Å². The molecule has 0 saturated carbocycles. The molecule has 0 aliphatic rings. The summed E-state index contributed by atoms with van der Waals surface area (Å²) < 4.78 is 6.96. The fourth-order valence-corrected chi connectivity index (χ4v) is 3.25. The van der Waals surface area contributed by atoms with Crippen molar-refractivity contribution in [1.82, 2.24) is 19.7 Å². The van der Waals surface area contributed by atoms with Crippen LogP contribution in [0.3, 0.4) is 0 Å². The highest BCUT2D eigenvalue weighted by Gasteiger charge is 2.14. The third-order valence-corrected chi connectivity index (χ3v) is 4.59. The summed E-state index contributed by atoms with van der Waals surface area (Å²) in [6.45, 7) is 4.17. The van der Waals surface area contributed by atoms with Crippen molar-refractivity contribution in [2.45, 2.75) is 19.9 Å². The van der Waals surface area contributed by atoms with Crippen LogP contribution in [-0.2, 0) is 0 Å². The van der Waals surface area contributed by atoms with Gasteiger partial charge in [0.05, 0.1) is 36.9 Å². The summed E-state index contributed by atoms with van der Waals surface area (Å²) in [5, 5.41) is 18.1. The van der Waals surface area contributed by atoms with Gasteiger partial charge in [-0.05, 0) is 44.2 Å². The van der Waals surface area contributed by atoms with Crippen molar-refractivity contribution < 1.29 is 14.6 Å². The Balaban J connectivity index is 1.76. The molecular formula is C22H21N5O3. The van der Waals surface area contributed by atoms with Gasteiger partial charge in [-0.1, -0.05) is 6.07 Å². The number of hydrogen-bond acceptors (Lipinski definition) is 6. The van der Waals surface area contributed by atoms with Crippen LogP contribution < -0.4 is 10.1 Å². The van der Waals surface area contributed by atoms with E-state index in [1.165, 1.54) is 13.2 Å². The largest absolute Gasteiger partial charge is 0.496 e. The number of carbonyl (C=O) groups is 1. The van der Waals surface area contributed by atoms with Crippen LogP contribution in [-0.4, -0.2) is 44.0 Å². The minimum absolute atomic E-state index is 0.0913. The molecule has 0 fully saturated rings. The van der Waals surface area contributed by atoms with Gasteiger partial charge in [0.25, 0.3) is 0 Å². The molecule has 2 aromatic carbocycles. The van der Waals surface area contributed by atoms with E-state index in [9.17, 15) is 9.90 Å². The lowest BCUT2D eigenvalue weighted by atomic mass is 10.1. The Kier molecular flexibility index (Phi) is 5.05. The molecule has 0 bridgehead atoms. The van der Waals surface area contributed by atoms with Crippen molar-refractivity contribution in [3.8, 4) is 22.8 Å². The number of nitrogens with one attached hydrogen (secondary N) is 1. The van der Waals surface area contributed by atoms with Crippen LogP contribution >= 0.6 is 0 Å². The minimum Gasteiger partial charge on any atom is -0.496 e. The van der Waals surface area contributed by atoms with Crippen molar-refractivity contribution in [2.24, 2.45) is 0 Å². The average Bonchev–Trinajstić information content (AvgIpc) is 3.16. The Morgan fingerprint density at radius 2 is 1.97 bits per heavy atom. The molecule has 0 aliphatic carbocycles. The number of nitrogens with zero attached hydrogens (tertiary/aromatic N) is 4. The second-order valence-electron chi connectivity index (χ2n) is 7.11. The van der Waals surface area contributed by atoms with Crippen LogP contribution in [0.5, 0.6) is 5.75 Å². The highest BCUT2D eigenvalue weighted by atomic mass is 16.5. The first-order chi connectivity index (χ1) is 14.5. The molecule has 4 rings (SSSR count). The van der Waals surface area contributed by atoms with Gasteiger partial charge < -0.3 is 15.2 Å². The number of benzene rings is 2. The number of fused-ring (bicyclic) bond motifs is 1. The highest BCUT2D eigenvalue weighted by Crippen LogP contribution is 2.27. The predicted octanol–water partition coefficient (Wildman–Crippen LogP) is 4.01. The fourth-order valence-electron chi connectivity index (χ4n) is 3.25. The van der Waals surface area contributed by atoms with Crippen LogP contribution in [0, 0.1) is 0 Å². The summed E-state index contributed by atoms with van der Waals surface area (Å²) in [4.78, 5) is 20.3. The van der Waals surface area contributed by atoms with Gasteiger partial charge in [-0.15, -0.1) is 0 Å². The molecule has 0 spiro atoms. The van der Waals surface area contributed by atoms with Gasteiger partial charge in [-0.3, -0.25) is 4.98 Å². The molecule has 0 atom stereocenters. The van der Waals surface area contributed by atoms with E-state index in [-0.39, 0.29) is 11.3 Å². The Labute approximate surface area is 173 Å². The number of carboxylic acid groups (broad SMARTS) is 1. The molecule has 0 unspecified atom stereocenters. The lowest BCUT2D eigenvalue weighted by Crippen LogP contribution is -2.09. The molecule has 0 amide bonds. The van der Waals surface area contributed by atoms with Crippen molar-refractivity contribution in [3.63, 3.8) is 0 Å². The van der Waals surface area contributed by atoms with Crippen LogP contribution in [0.15, 0.2) is 55.0 Å². The zero-order valence-corrected chi connectivity index (χ0v) is 16.8. The zero-order valence-electron chi connectivity index (χ0n) is 16.8. The predicted molar refractivity (Wildman–Crippen MR) is 114 cm³/mol. The number of rotatable bonds is 6. The SMILES string of the molecule is COc1cc(-c2cncc(-n3ncc4ccc(NC(C)C)cc43)n2)ccc1C(=O)O. The molecule has 152 valence electrons. The van der Waals surface area contributed by atoms with E-state index in [2.05, 4.69) is 29.2 Å². The van der Waals surface area contributed by atoms with Crippen LogP contribution in [0.2, 0.25) is 0 Å². The standard InChI is InChI=1S/C22H21N5O3/c1-13(2)25-16-6-4-15-10-24-27(19(15)9-16)21-12-23-11-18(26-21)14-5-7-17(22(28)29)20(8-14)30-3/h4-13,25H,1-3H3,(H,28,29). The quantitative estimate of drug-likeness (QED) is 0.501. The molecule has 8 nitrogen and oxygen atoms in total. The summed E-state index contributed by atoms with van der Waals surface area (Å²) in [5.41, 5.74) is 3.28. The maximum Gasteiger partial charge on any atom is 0.339 e. The van der Waals surface area contributed by atoms with Crippen LogP contribution in [0.1, 0.15) is 24.2 Å². The first-order valence-corrected chi connectivity index (χ1v) is 9.44. The van der Waals surface area contributed by atoms with E-state index in [4.69, 9.17) is 9.72 Å². The van der Waals surface area contributed by atoms with Gasteiger partial charge in [0.1, 0.15) is 11.3 Å². The summed E-state index contributed by atoms with van der Waals surface area (Å²) in [6, 6.07) is 11.2. The number of aromatic nitrogens is 4. The minimum atomic E-state index is -1.05. The van der Waals surface area contributed by atoms with E-state index < -0.39 is 5.97 Å². The molecule has 8 heteroatoms. The summed E-state index contributed by atoms with van der Waals surface area (Å²) in [6.07, 6.45) is 5.05. The normalized spacial score (nSPS) is 11.1. The monoisotopic (exact) mass is 403 g/mol. The second-order valence-corrected chi connectivity index (χ2v) is 7.11. The lowest BCUT2D eigenvalue weighted by Gasteiger charge is -2.11. The summed E-state index contributed by atoms with van der Waals surface area (Å²) in [7, 11) is 1.44. The van der Waals surface area contributed by atoms with Gasteiger partial charge in [-0.25, -0.2) is 14.5 Å². The smallest absolute Gasteiger partial charge is 0.339 e. The average molecular weight is 403 g/mol. The highest BCUT2D eigenvalue weighted by molar-refractivity contribution is 5.92. The van der Waals surface area contributed by atoms with Crippen molar-refractivity contribution in [3.05, 3.63) is 60.6 Å². The molecule has 0 aliphatic heterocycles. The summed E-state index contributed by atoms with van der Waals surface area (Å²) >= 11 is 0. The van der Waals surface area contributed by atoms with Crippen molar-refractivity contribution >= 4 is 22.6 Å². The number of aromatic carboxylic acids is 1. The number of carboxylic acids is 1. The fraction of sp³-hybridized carbons (Fsp3) is 0.182. The van der Waals surface area contributed by atoms with Gasteiger partial charge >= 0.3 is 5.97 Å². The van der Waals surface area contributed by atoms with E-state index in [0.29, 0.717) is 23.1 Å². The first-order valence-electron chi connectivity index (χ1n) is 9.44. The molecular weight excluding hydrogens is 382 g/mol. The number of ether oxygens (including phenoxy) is 1. The lowest BCUT2D eigenvalue weighted by molar-refractivity contribution is 0.0693. The molecule has 4 aromatic rings. The van der Waals surface area contributed by atoms with E-state index >= 15 is 0 Å². The topological polar surface area (TPSA) is 102 Å². The molecule has 2 aromatic heterocycles. The Morgan fingerprint density at radius 1 is 1.13 bits per heavy atom. The third-order valence-electron chi connectivity index (χ3n) is 4.59. The first kappa shape index (κ1) is 19.4.